The Labute approximate surface area is 101 Å². The van der Waals surface area contributed by atoms with E-state index in [0.717, 1.165) is 12.0 Å². The van der Waals surface area contributed by atoms with Gasteiger partial charge in [-0.2, -0.15) is 0 Å². The lowest BCUT2D eigenvalue weighted by atomic mass is 9.84. The maximum atomic E-state index is 11.8. The van der Waals surface area contributed by atoms with Gasteiger partial charge < -0.3 is 9.47 Å². The highest BCUT2D eigenvalue weighted by Gasteiger charge is 2.50. The van der Waals surface area contributed by atoms with Crippen LogP contribution in [0.4, 0.5) is 0 Å². The maximum Gasteiger partial charge on any atom is 0.323 e. The molecule has 94 valence electrons. The third kappa shape index (κ3) is 2.57. The summed E-state index contributed by atoms with van der Waals surface area (Å²) >= 11 is 0. The molecule has 0 atom stereocenters. The average molecular weight is 238 g/mol. The van der Waals surface area contributed by atoms with Crippen LogP contribution in [0.15, 0.2) is 23.8 Å². The van der Waals surface area contributed by atoms with E-state index < -0.39 is 17.4 Å². The normalized spacial score (nSPS) is 17.9. The van der Waals surface area contributed by atoms with Gasteiger partial charge in [0.2, 0.25) is 0 Å². The molecule has 0 saturated carbocycles. The Kier molecular flexibility index (Phi) is 4.49. The van der Waals surface area contributed by atoms with Crippen molar-refractivity contribution >= 4 is 11.9 Å². The minimum atomic E-state index is -1.17. The third-order valence-electron chi connectivity index (χ3n) is 3.04. The summed E-state index contributed by atoms with van der Waals surface area (Å²) in [5.74, 6) is -1.04. The molecule has 1 aliphatic carbocycles. The SMILES string of the molecule is C/C=C/CC1=CCC(C(=O)OC)(C(=O)OC)C1. The molecule has 17 heavy (non-hydrogen) atoms. The molecule has 0 amide bonds. The Hall–Kier alpha value is -1.58. The van der Waals surface area contributed by atoms with Crippen LogP contribution in [0, 0.1) is 5.41 Å². The highest BCUT2D eigenvalue weighted by atomic mass is 16.5. The number of methoxy groups -OCH3 is 2. The molecule has 0 N–H and O–H groups in total. The van der Waals surface area contributed by atoms with Crippen molar-refractivity contribution in [2.75, 3.05) is 14.2 Å². The molecule has 1 aliphatic rings. The van der Waals surface area contributed by atoms with E-state index in [2.05, 4.69) is 0 Å². The van der Waals surface area contributed by atoms with Gasteiger partial charge in [-0.15, -0.1) is 0 Å². The van der Waals surface area contributed by atoms with Crippen LogP contribution in [-0.4, -0.2) is 26.2 Å². The molecule has 4 nitrogen and oxygen atoms in total. The molecule has 1 rings (SSSR count). The zero-order valence-electron chi connectivity index (χ0n) is 10.5. The molecule has 0 aliphatic heterocycles. The number of allylic oxidation sites excluding steroid dienone is 4. The summed E-state index contributed by atoms with van der Waals surface area (Å²) in [5, 5.41) is 0. The summed E-state index contributed by atoms with van der Waals surface area (Å²) in [7, 11) is 2.58. The molecule has 0 radical (unpaired) electrons. The van der Waals surface area contributed by atoms with Crippen molar-refractivity contribution in [1.29, 1.82) is 0 Å². The lowest BCUT2D eigenvalue weighted by Crippen LogP contribution is -2.39. The van der Waals surface area contributed by atoms with E-state index in [-0.39, 0.29) is 0 Å². The van der Waals surface area contributed by atoms with Gasteiger partial charge in [0.05, 0.1) is 14.2 Å². The fraction of sp³-hybridized carbons (Fsp3) is 0.538. The summed E-state index contributed by atoms with van der Waals surface area (Å²) in [6, 6.07) is 0. The van der Waals surface area contributed by atoms with Gasteiger partial charge in [-0.1, -0.05) is 23.8 Å². The Bertz CT molecular complexity index is 350. The molecule has 0 fully saturated rings. The van der Waals surface area contributed by atoms with Crippen LogP contribution in [0.5, 0.6) is 0 Å². The first-order valence-electron chi connectivity index (χ1n) is 5.56. The predicted octanol–water partition coefficient (Wildman–Crippen LogP) is 2.01. The van der Waals surface area contributed by atoms with Gasteiger partial charge in [0, 0.05) is 0 Å². The molecule has 0 aromatic heterocycles. The molecule has 0 heterocycles. The fourth-order valence-electron chi connectivity index (χ4n) is 2.06. The summed E-state index contributed by atoms with van der Waals surface area (Å²) in [5.41, 5.74) is -0.0978. The zero-order chi connectivity index (χ0) is 12.9. The quantitative estimate of drug-likeness (QED) is 0.427. The lowest BCUT2D eigenvalue weighted by Gasteiger charge is -2.23. The number of esters is 2. The molecule has 0 saturated heterocycles. The monoisotopic (exact) mass is 238 g/mol. The Balaban J connectivity index is 2.85. The molecule has 0 unspecified atom stereocenters. The van der Waals surface area contributed by atoms with E-state index in [9.17, 15) is 9.59 Å². The number of hydrogen-bond donors (Lipinski definition) is 0. The first kappa shape index (κ1) is 13.5. The van der Waals surface area contributed by atoms with Crippen molar-refractivity contribution in [3.05, 3.63) is 23.8 Å². The fourth-order valence-corrected chi connectivity index (χ4v) is 2.06. The molecular formula is C13H18O4. The summed E-state index contributed by atoms with van der Waals surface area (Å²) in [4.78, 5) is 23.6. The van der Waals surface area contributed by atoms with Gasteiger partial charge in [-0.05, 0) is 26.2 Å². The summed E-state index contributed by atoms with van der Waals surface area (Å²) in [6.07, 6.45) is 7.36. The highest BCUT2D eigenvalue weighted by Crippen LogP contribution is 2.41. The van der Waals surface area contributed by atoms with Crippen molar-refractivity contribution in [2.45, 2.75) is 26.2 Å². The van der Waals surface area contributed by atoms with Crippen LogP contribution in [0.1, 0.15) is 26.2 Å². The first-order chi connectivity index (χ1) is 8.10. The number of carbonyl (C=O) groups is 2. The van der Waals surface area contributed by atoms with Crippen molar-refractivity contribution in [3.8, 4) is 0 Å². The maximum absolute atomic E-state index is 11.8. The largest absolute Gasteiger partial charge is 0.468 e. The molecule has 0 bridgehead atoms. The number of ether oxygens (including phenoxy) is 2. The van der Waals surface area contributed by atoms with E-state index in [4.69, 9.17) is 9.47 Å². The van der Waals surface area contributed by atoms with Crippen LogP contribution in [-0.2, 0) is 19.1 Å². The average Bonchev–Trinajstić information content (AvgIpc) is 2.79. The van der Waals surface area contributed by atoms with E-state index in [1.807, 2.05) is 25.2 Å². The van der Waals surface area contributed by atoms with Crippen LogP contribution >= 0.6 is 0 Å². The van der Waals surface area contributed by atoms with E-state index in [1.165, 1.54) is 14.2 Å². The Morgan fingerprint density at radius 1 is 1.35 bits per heavy atom. The minimum absolute atomic E-state index is 0.360. The van der Waals surface area contributed by atoms with Crippen LogP contribution in [0.3, 0.4) is 0 Å². The first-order valence-corrected chi connectivity index (χ1v) is 5.56. The van der Waals surface area contributed by atoms with Gasteiger partial charge in [0.25, 0.3) is 0 Å². The predicted molar refractivity (Wildman–Crippen MR) is 63.2 cm³/mol. The summed E-state index contributed by atoms with van der Waals surface area (Å²) < 4.78 is 9.44. The standard InChI is InChI=1S/C13H18O4/c1-4-5-6-10-7-8-13(9-10,11(14)16-2)12(15)17-3/h4-5,7H,6,8-9H2,1-3H3/b5-4+. The molecule has 0 aromatic rings. The van der Waals surface area contributed by atoms with E-state index in [1.54, 1.807) is 0 Å². The minimum Gasteiger partial charge on any atom is -0.468 e. The molecule has 4 heteroatoms. The van der Waals surface area contributed by atoms with Crippen LogP contribution in [0.2, 0.25) is 0 Å². The molecule has 0 spiro atoms. The smallest absolute Gasteiger partial charge is 0.323 e. The van der Waals surface area contributed by atoms with Crippen LogP contribution < -0.4 is 0 Å². The zero-order valence-corrected chi connectivity index (χ0v) is 10.5. The van der Waals surface area contributed by atoms with Crippen molar-refractivity contribution in [3.63, 3.8) is 0 Å². The van der Waals surface area contributed by atoms with Gasteiger partial charge in [0.1, 0.15) is 0 Å². The number of carbonyl (C=O) groups excluding carboxylic acids is 2. The number of rotatable bonds is 4. The van der Waals surface area contributed by atoms with Gasteiger partial charge in [0.15, 0.2) is 5.41 Å². The molecule has 0 aromatic carbocycles. The molecular weight excluding hydrogens is 220 g/mol. The lowest BCUT2D eigenvalue weighted by molar-refractivity contribution is -0.168. The second-order valence-corrected chi connectivity index (χ2v) is 4.08. The Morgan fingerprint density at radius 3 is 2.41 bits per heavy atom. The topological polar surface area (TPSA) is 52.6 Å². The van der Waals surface area contributed by atoms with Crippen LogP contribution in [0.25, 0.3) is 0 Å². The van der Waals surface area contributed by atoms with Gasteiger partial charge in [-0.25, -0.2) is 0 Å². The van der Waals surface area contributed by atoms with Crippen molar-refractivity contribution in [2.24, 2.45) is 5.41 Å². The summed E-state index contributed by atoms with van der Waals surface area (Å²) in [6.45, 7) is 1.93. The highest BCUT2D eigenvalue weighted by molar-refractivity contribution is 6.01. The second-order valence-electron chi connectivity index (χ2n) is 4.08. The second kappa shape index (κ2) is 5.66. The van der Waals surface area contributed by atoms with E-state index in [0.29, 0.717) is 12.8 Å². The Morgan fingerprint density at radius 2 is 1.94 bits per heavy atom. The van der Waals surface area contributed by atoms with Crippen molar-refractivity contribution in [1.82, 2.24) is 0 Å². The van der Waals surface area contributed by atoms with Gasteiger partial charge in [-0.3, -0.25) is 9.59 Å². The van der Waals surface area contributed by atoms with Crippen molar-refractivity contribution < 1.29 is 19.1 Å². The number of hydrogen-bond acceptors (Lipinski definition) is 4. The van der Waals surface area contributed by atoms with Gasteiger partial charge >= 0.3 is 11.9 Å². The van der Waals surface area contributed by atoms with E-state index >= 15 is 0 Å². The third-order valence-corrected chi connectivity index (χ3v) is 3.04.